The second-order valence-corrected chi connectivity index (χ2v) is 8.93. The molecule has 2 fully saturated rings. The van der Waals surface area contributed by atoms with E-state index < -0.39 is 0 Å². The minimum absolute atomic E-state index is 0.110. The van der Waals surface area contributed by atoms with Crippen LogP contribution in [-0.2, 0) is 0 Å². The Balaban J connectivity index is 1.56. The smallest absolute Gasteiger partial charge is 0.352 e. The third-order valence-corrected chi connectivity index (χ3v) is 6.96. The first kappa shape index (κ1) is 17.8. The van der Waals surface area contributed by atoms with Gasteiger partial charge in [-0.2, -0.15) is 0 Å². The summed E-state index contributed by atoms with van der Waals surface area (Å²) in [6.07, 6.45) is 6.33. The predicted octanol–water partition coefficient (Wildman–Crippen LogP) is 1.76. The molecule has 0 radical (unpaired) electrons. The number of hydrogen-bond acceptors (Lipinski definition) is 5. The number of nitrogens with zero attached hydrogens (tertiary/aromatic N) is 5. The number of benzene rings is 1. The van der Waals surface area contributed by atoms with Gasteiger partial charge in [0.05, 0.1) is 17.4 Å². The van der Waals surface area contributed by atoms with Crippen molar-refractivity contribution in [3.8, 4) is 5.69 Å². The molecule has 6 rings (SSSR count). The molecule has 1 aromatic carbocycles. The van der Waals surface area contributed by atoms with Crippen LogP contribution in [0.25, 0.3) is 5.69 Å². The summed E-state index contributed by atoms with van der Waals surface area (Å²) >= 11 is 0. The van der Waals surface area contributed by atoms with Crippen LogP contribution in [0.4, 0.5) is 0 Å². The molecule has 0 saturated heterocycles. The number of para-hydroxylation sites is 1. The monoisotopic (exact) mass is 406 g/mol. The normalized spacial score (nSPS) is 25.5. The molecule has 8 nitrogen and oxygen atoms in total. The summed E-state index contributed by atoms with van der Waals surface area (Å²) in [6.45, 7) is 1.46. The van der Waals surface area contributed by atoms with E-state index in [0.29, 0.717) is 24.1 Å². The van der Waals surface area contributed by atoms with Crippen LogP contribution in [0, 0.1) is 5.92 Å². The lowest BCUT2D eigenvalue weighted by Gasteiger charge is -2.41. The van der Waals surface area contributed by atoms with E-state index in [1.54, 1.807) is 9.36 Å². The van der Waals surface area contributed by atoms with Crippen molar-refractivity contribution in [2.45, 2.75) is 50.6 Å². The van der Waals surface area contributed by atoms with Gasteiger partial charge in [-0.05, 0) is 55.7 Å². The Kier molecular flexibility index (Phi) is 3.85. The quantitative estimate of drug-likeness (QED) is 0.841. The lowest BCUT2D eigenvalue weighted by Crippen LogP contribution is -2.51. The third-order valence-electron chi connectivity index (χ3n) is 6.96. The second kappa shape index (κ2) is 6.48. The molecule has 0 bridgehead atoms. The third kappa shape index (κ3) is 2.55. The Bertz CT molecular complexity index is 1180. The number of fused-ring (bicyclic) bond motifs is 5. The minimum Gasteiger partial charge on any atom is -0.369 e. The van der Waals surface area contributed by atoms with Crippen molar-refractivity contribution in [2.24, 2.45) is 16.6 Å². The molecule has 2 aliphatic carbocycles. The van der Waals surface area contributed by atoms with Crippen molar-refractivity contribution in [3.05, 3.63) is 62.6 Å². The number of nitrogens with two attached hydrogens (primary N) is 1. The first-order valence-corrected chi connectivity index (χ1v) is 11.0. The van der Waals surface area contributed by atoms with E-state index in [4.69, 9.17) is 10.7 Å². The van der Waals surface area contributed by atoms with Crippen molar-refractivity contribution < 1.29 is 0 Å². The highest BCUT2D eigenvalue weighted by atomic mass is 16.2. The number of allylic oxidation sites excluding steroid dienone is 1. The van der Waals surface area contributed by atoms with Crippen LogP contribution in [0.3, 0.4) is 0 Å². The van der Waals surface area contributed by atoms with E-state index in [-0.39, 0.29) is 23.5 Å². The van der Waals surface area contributed by atoms with Crippen LogP contribution in [-0.4, -0.2) is 37.9 Å². The SMILES string of the molecule is NC1=NC2=C3CCCC[C@@H]3n3c(=O)n(-c4ccccc4)c(=O)n3[C@@H]2CN1CC1CC1. The Labute approximate surface area is 173 Å². The fourth-order valence-corrected chi connectivity index (χ4v) is 5.32. The molecule has 0 unspecified atom stereocenters. The Morgan fingerprint density at radius 3 is 2.43 bits per heavy atom. The van der Waals surface area contributed by atoms with Gasteiger partial charge in [-0.25, -0.2) is 28.5 Å². The van der Waals surface area contributed by atoms with Gasteiger partial charge < -0.3 is 10.6 Å². The molecule has 30 heavy (non-hydrogen) atoms. The Morgan fingerprint density at radius 2 is 1.70 bits per heavy atom. The molecule has 2 N–H and O–H groups in total. The summed E-state index contributed by atoms with van der Waals surface area (Å²) in [4.78, 5) is 34.0. The van der Waals surface area contributed by atoms with Crippen LogP contribution in [0.1, 0.15) is 50.6 Å². The first-order chi connectivity index (χ1) is 14.6. The van der Waals surface area contributed by atoms with Gasteiger partial charge in [0.2, 0.25) is 0 Å². The van der Waals surface area contributed by atoms with E-state index in [9.17, 15) is 9.59 Å². The molecule has 1 aromatic heterocycles. The van der Waals surface area contributed by atoms with Gasteiger partial charge in [-0.3, -0.25) is 0 Å². The van der Waals surface area contributed by atoms with Gasteiger partial charge in [0.15, 0.2) is 5.96 Å². The van der Waals surface area contributed by atoms with Gasteiger partial charge in [0, 0.05) is 13.1 Å². The highest BCUT2D eigenvalue weighted by Crippen LogP contribution is 2.43. The summed E-state index contributed by atoms with van der Waals surface area (Å²) in [7, 11) is 0. The average molecular weight is 406 g/mol. The van der Waals surface area contributed by atoms with E-state index in [1.807, 2.05) is 30.3 Å². The fourth-order valence-electron chi connectivity index (χ4n) is 5.32. The first-order valence-electron chi connectivity index (χ1n) is 11.0. The average Bonchev–Trinajstić information content (AvgIpc) is 3.54. The fraction of sp³-hybridized carbons (Fsp3) is 0.500. The van der Waals surface area contributed by atoms with Gasteiger partial charge in [0.1, 0.15) is 6.04 Å². The summed E-state index contributed by atoms with van der Waals surface area (Å²) in [5.74, 6) is 1.21. The molecule has 0 amide bonds. The summed E-state index contributed by atoms with van der Waals surface area (Å²) in [5, 5.41) is 0. The van der Waals surface area contributed by atoms with Crippen molar-refractivity contribution in [2.75, 3.05) is 13.1 Å². The van der Waals surface area contributed by atoms with Gasteiger partial charge in [0.25, 0.3) is 0 Å². The van der Waals surface area contributed by atoms with Gasteiger partial charge >= 0.3 is 11.4 Å². The van der Waals surface area contributed by atoms with Crippen LogP contribution >= 0.6 is 0 Å². The maximum atomic E-state index is 13.6. The molecule has 3 heterocycles. The van der Waals surface area contributed by atoms with Gasteiger partial charge in [-0.1, -0.05) is 24.6 Å². The standard InChI is InChI=1S/C22H26N6O2/c23-20-24-19-16-8-4-5-9-17(16)27-21(29)26(15-6-2-1-3-7-15)22(30)28(27)18(19)13-25(20)12-14-10-11-14/h1-3,6-7,14,17-18H,4-5,8-13H2,(H2,23,24)/t17-,18+/m0/s1. The van der Waals surface area contributed by atoms with Crippen molar-refractivity contribution >= 4 is 5.96 Å². The topological polar surface area (TPSA) is 90.5 Å². The number of hydrogen-bond donors (Lipinski definition) is 1. The number of aliphatic imine (C=N–C) groups is 1. The van der Waals surface area contributed by atoms with Crippen LogP contribution in [0.5, 0.6) is 0 Å². The lowest BCUT2D eigenvalue weighted by molar-refractivity contribution is 0.233. The molecule has 2 aromatic rings. The predicted molar refractivity (Wildman–Crippen MR) is 114 cm³/mol. The van der Waals surface area contributed by atoms with Gasteiger partial charge in [-0.15, -0.1) is 0 Å². The lowest BCUT2D eigenvalue weighted by atomic mass is 9.85. The summed E-state index contributed by atoms with van der Waals surface area (Å²) in [6, 6.07) is 8.81. The van der Waals surface area contributed by atoms with Crippen molar-refractivity contribution in [3.63, 3.8) is 0 Å². The van der Waals surface area contributed by atoms with Crippen molar-refractivity contribution in [1.82, 2.24) is 18.8 Å². The maximum absolute atomic E-state index is 13.6. The zero-order valence-electron chi connectivity index (χ0n) is 16.9. The van der Waals surface area contributed by atoms with E-state index in [2.05, 4.69) is 4.90 Å². The molecule has 8 heteroatoms. The van der Waals surface area contributed by atoms with E-state index in [1.165, 1.54) is 23.0 Å². The molecule has 156 valence electrons. The second-order valence-electron chi connectivity index (χ2n) is 8.93. The summed E-state index contributed by atoms with van der Waals surface area (Å²) in [5.41, 5.74) is 8.51. The highest BCUT2D eigenvalue weighted by Gasteiger charge is 2.42. The Hall–Kier alpha value is -3.03. The molecular weight excluding hydrogens is 380 g/mol. The number of aromatic nitrogens is 3. The molecule has 4 aliphatic rings. The minimum atomic E-state index is -0.291. The van der Waals surface area contributed by atoms with Crippen LogP contribution in [0.15, 0.2) is 56.2 Å². The van der Waals surface area contributed by atoms with Crippen LogP contribution in [0.2, 0.25) is 0 Å². The van der Waals surface area contributed by atoms with E-state index in [0.717, 1.165) is 37.9 Å². The molecule has 2 aliphatic heterocycles. The molecular formula is C22H26N6O2. The number of rotatable bonds is 3. The van der Waals surface area contributed by atoms with Crippen molar-refractivity contribution in [1.29, 1.82) is 0 Å². The molecule has 2 saturated carbocycles. The zero-order valence-corrected chi connectivity index (χ0v) is 16.9. The number of guanidine groups is 1. The van der Waals surface area contributed by atoms with Crippen LogP contribution < -0.4 is 17.1 Å². The molecule has 0 spiro atoms. The zero-order chi connectivity index (χ0) is 20.4. The molecule has 2 atom stereocenters. The summed E-state index contributed by atoms with van der Waals surface area (Å²) < 4.78 is 4.69. The van der Waals surface area contributed by atoms with E-state index >= 15 is 0 Å². The largest absolute Gasteiger partial charge is 0.369 e. The highest BCUT2D eigenvalue weighted by molar-refractivity contribution is 5.80. The maximum Gasteiger partial charge on any atom is 0.352 e. The Morgan fingerprint density at radius 1 is 0.967 bits per heavy atom.